The van der Waals surface area contributed by atoms with E-state index in [4.69, 9.17) is 0 Å². The lowest BCUT2D eigenvalue weighted by molar-refractivity contribution is 0.703. The third kappa shape index (κ3) is 2.46. The van der Waals surface area contributed by atoms with Crippen LogP contribution in [0.3, 0.4) is 0 Å². The lowest BCUT2D eigenvalue weighted by Gasteiger charge is -2.15. The van der Waals surface area contributed by atoms with Crippen molar-refractivity contribution in [3.63, 3.8) is 0 Å². The Morgan fingerprint density at radius 3 is 2.79 bits per heavy atom. The van der Waals surface area contributed by atoms with Crippen LogP contribution >= 0.6 is 22.7 Å². The summed E-state index contributed by atoms with van der Waals surface area (Å²) >= 11 is 3.71. The number of nitrogens with one attached hydrogen (secondary N) is 1. The molecule has 0 aliphatic carbocycles. The third-order valence-electron chi connectivity index (χ3n) is 3.42. The molecule has 2 heterocycles. The summed E-state index contributed by atoms with van der Waals surface area (Å²) in [6.45, 7) is 2.20. The average molecular weight is 287 g/mol. The van der Waals surface area contributed by atoms with Gasteiger partial charge in [-0.1, -0.05) is 31.2 Å². The zero-order valence-electron chi connectivity index (χ0n) is 11.1. The van der Waals surface area contributed by atoms with Crippen molar-refractivity contribution in [3.05, 3.63) is 57.8 Å². The Hall–Kier alpha value is -1.16. The van der Waals surface area contributed by atoms with Crippen molar-refractivity contribution in [2.45, 2.75) is 19.4 Å². The maximum Gasteiger partial charge on any atom is 0.0669 e. The minimum absolute atomic E-state index is 0.302. The highest BCUT2D eigenvalue weighted by molar-refractivity contribution is 7.27. The summed E-state index contributed by atoms with van der Waals surface area (Å²) in [7, 11) is 2.04. The van der Waals surface area contributed by atoms with Gasteiger partial charge in [0.25, 0.3) is 0 Å². The lowest BCUT2D eigenvalue weighted by atomic mass is 10.0. The van der Waals surface area contributed by atoms with E-state index in [0.29, 0.717) is 6.04 Å². The molecule has 1 nitrogen and oxygen atoms in total. The van der Waals surface area contributed by atoms with Crippen molar-refractivity contribution in [2.75, 3.05) is 7.05 Å². The van der Waals surface area contributed by atoms with Crippen LogP contribution in [0, 0.1) is 0 Å². The van der Waals surface area contributed by atoms with E-state index in [1.165, 1.54) is 25.4 Å². The number of rotatable bonds is 4. The van der Waals surface area contributed by atoms with Gasteiger partial charge in [0.05, 0.1) is 6.04 Å². The van der Waals surface area contributed by atoms with Crippen molar-refractivity contribution < 1.29 is 0 Å². The topological polar surface area (TPSA) is 12.0 Å². The predicted octanol–water partition coefficient (Wildman–Crippen LogP) is 4.83. The normalized spacial score (nSPS) is 12.9. The standard InChI is InChI=1S/C16H17NS2/c1-3-11-5-4-6-12(9-11)16(17-2)15-10-14-13(19-15)7-8-18-14/h4-10,16-17H,3H2,1-2H3. The Morgan fingerprint density at radius 2 is 2.05 bits per heavy atom. The Balaban J connectivity index is 2.01. The van der Waals surface area contributed by atoms with Gasteiger partial charge in [-0.15, -0.1) is 22.7 Å². The van der Waals surface area contributed by atoms with E-state index in [9.17, 15) is 0 Å². The SMILES string of the molecule is CCc1cccc(C(NC)c2cc3sccc3s2)c1. The van der Waals surface area contributed by atoms with Gasteiger partial charge in [-0.25, -0.2) is 0 Å². The second kappa shape index (κ2) is 5.45. The Kier molecular flexibility index (Phi) is 3.69. The fourth-order valence-corrected chi connectivity index (χ4v) is 4.65. The monoisotopic (exact) mass is 287 g/mol. The largest absolute Gasteiger partial charge is 0.309 e. The highest BCUT2D eigenvalue weighted by Gasteiger charge is 2.15. The van der Waals surface area contributed by atoms with Crippen LogP contribution in [-0.4, -0.2) is 7.05 Å². The smallest absolute Gasteiger partial charge is 0.0669 e. The second-order valence-corrected chi connectivity index (χ2v) is 6.68. The maximum absolute atomic E-state index is 3.45. The molecular weight excluding hydrogens is 270 g/mol. The minimum Gasteiger partial charge on any atom is -0.309 e. The van der Waals surface area contributed by atoms with Gasteiger partial charge in [-0.2, -0.15) is 0 Å². The second-order valence-electron chi connectivity index (χ2n) is 4.62. The van der Waals surface area contributed by atoms with Crippen molar-refractivity contribution in [1.29, 1.82) is 0 Å². The van der Waals surface area contributed by atoms with E-state index in [1.54, 1.807) is 0 Å². The van der Waals surface area contributed by atoms with Crippen LogP contribution in [0.5, 0.6) is 0 Å². The van der Waals surface area contributed by atoms with Crippen molar-refractivity contribution >= 4 is 32.1 Å². The summed E-state index contributed by atoms with van der Waals surface area (Å²) < 4.78 is 2.79. The summed E-state index contributed by atoms with van der Waals surface area (Å²) in [5.41, 5.74) is 2.76. The van der Waals surface area contributed by atoms with Crippen LogP contribution < -0.4 is 5.32 Å². The van der Waals surface area contributed by atoms with Crippen LogP contribution in [0.25, 0.3) is 9.40 Å². The van der Waals surface area contributed by atoms with E-state index < -0.39 is 0 Å². The van der Waals surface area contributed by atoms with Crippen LogP contribution in [0.15, 0.2) is 41.8 Å². The third-order valence-corrected chi connectivity index (χ3v) is 5.58. The zero-order chi connectivity index (χ0) is 13.2. The van der Waals surface area contributed by atoms with Gasteiger partial charge in [0.1, 0.15) is 0 Å². The van der Waals surface area contributed by atoms with Crippen LogP contribution in [0.4, 0.5) is 0 Å². The predicted molar refractivity (Wildman–Crippen MR) is 86.4 cm³/mol. The van der Waals surface area contributed by atoms with Gasteiger partial charge < -0.3 is 5.32 Å². The maximum atomic E-state index is 3.45. The lowest BCUT2D eigenvalue weighted by Crippen LogP contribution is -2.16. The first-order chi connectivity index (χ1) is 9.31. The molecule has 3 heteroatoms. The fourth-order valence-electron chi connectivity index (χ4n) is 2.39. The molecular formula is C16H17NS2. The molecule has 1 N–H and O–H groups in total. The molecule has 0 saturated heterocycles. The summed E-state index contributed by atoms with van der Waals surface area (Å²) in [6.07, 6.45) is 1.09. The van der Waals surface area contributed by atoms with Gasteiger partial charge >= 0.3 is 0 Å². The average Bonchev–Trinajstić information content (AvgIpc) is 3.01. The van der Waals surface area contributed by atoms with Gasteiger partial charge in [-0.05, 0) is 42.1 Å². The highest BCUT2D eigenvalue weighted by Crippen LogP contribution is 2.35. The number of hydrogen-bond donors (Lipinski definition) is 1. The van der Waals surface area contributed by atoms with Crippen LogP contribution in [0.2, 0.25) is 0 Å². The number of fused-ring (bicyclic) bond motifs is 1. The molecule has 0 amide bonds. The molecule has 98 valence electrons. The molecule has 0 aliphatic rings. The minimum atomic E-state index is 0.302. The molecule has 1 aromatic carbocycles. The van der Waals surface area contributed by atoms with Crippen molar-refractivity contribution in [3.8, 4) is 0 Å². The number of thiophene rings is 2. The molecule has 0 bridgehead atoms. The molecule has 0 spiro atoms. The first-order valence-electron chi connectivity index (χ1n) is 6.55. The first-order valence-corrected chi connectivity index (χ1v) is 8.24. The molecule has 19 heavy (non-hydrogen) atoms. The quantitative estimate of drug-likeness (QED) is 0.724. The highest BCUT2D eigenvalue weighted by atomic mass is 32.1. The van der Waals surface area contributed by atoms with Crippen molar-refractivity contribution in [2.24, 2.45) is 0 Å². The van der Waals surface area contributed by atoms with Gasteiger partial charge in [0.15, 0.2) is 0 Å². The first kappa shape index (κ1) is 12.9. The molecule has 1 unspecified atom stereocenters. The van der Waals surface area contributed by atoms with E-state index in [-0.39, 0.29) is 0 Å². The number of benzene rings is 1. The van der Waals surface area contributed by atoms with Crippen LogP contribution in [-0.2, 0) is 6.42 Å². The summed E-state index contributed by atoms with van der Waals surface area (Å²) in [6, 6.07) is 13.7. The van der Waals surface area contributed by atoms with Crippen molar-refractivity contribution in [1.82, 2.24) is 5.32 Å². The Morgan fingerprint density at radius 1 is 1.16 bits per heavy atom. The van der Waals surface area contributed by atoms with E-state index in [0.717, 1.165) is 6.42 Å². The fraction of sp³-hybridized carbons (Fsp3) is 0.250. The summed E-state index contributed by atoms with van der Waals surface area (Å²) in [5.74, 6) is 0. The molecule has 3 aromatic rings. The zero-order valence-corrected chi connectivity index (χ0v) is 12.8. The molecule has 1 atom stereocenters. The summed E-state index contributed by atoms with van der Waals surface area (Å²) in [4.78, 5) is 1.40. The molecule has 0 fully saturated rings. The van der Waals surface area contributed by atoms with Gasteiger partial charge in [0, 0.05) is 14.3 Å². The van der Waals surface area contributed by atoms with Gasteiger partial charge in [0.2, 0.25) is 0 Å². The number of hydrogen-bond acceptors (Lipinski definition) is 3. The van der Waals surface area contributed by atoms with Crippen LogP contribution in [0.1, 0.15) is 29.0 Å². The molecule has 0 radical (unpaired) electrons. The molecule has 3 rings (SSSR count). The van der Waals surface area contributed by atoms with E-state index >= 15 is 0 Å². The molecule has 0 aliphatic heterocycles. The van der Waals surface area contributed by atoms with E-state index in [2.05, 4.69) is 54.0 Å². The van der Waals surface area contributed by atoms with E-state index in [1.807, 2.05) is 29.7 Å². The Labute approximate surface area is 121 Å². The van der Waals surface area contributed by atoms with Gasteiger partial charge in [-0.3, -0.25) is 0 Å². The Bertz CT molecular complexity index is 652. The molecule has 2 aromatic heterocycles. The molecule has 0 saturated carbocycles. The number of aryl methyl sites for hydroxylation is 1. The summed E-state index contributed by atoms with van der Waals surface area (Å²) in [5, 5.41) is 5.62.